The van der Waals surface area contributed by atoms with Crippen LogP contribution >= 0.6 is 0 Å². The molecular weight excluding hydrogens is 475 g/mol. The second-order valence-electron chi connectivity index (χ2n) is 11.2. The van der Waals surface area contributed by atoms with Gasteiger partial charge in [0.25, 0.3) is 5.91 Å². The summed E-state index contributed by atoms with van der Waals surface area (Å²) in [6.45, 7) is 0.693. The number of rotatable bonds is 4. The summed E-state index contributed by atoms with van der Waals surface area (Å²) in [6.07, 6.45) is 5.13. The molecule has 1 spiro atoms. The Balaban J connectivity index is 1.43. The van der Waals surface area contributed by atoms with Crippen molar-refractivity contribution in [3.63, 3.8) is 0 Å². The molecule has 0 aromatic heterocycles. The van der Waals surface area contributed by atoms with Gasteiger partial charge in [-0.3, -0.25) is 9.69 Å². The van der Waals surface area contributed by atoms with Gasteiger partial charge in [0.1, 0.15) is 11.6 Å². The molecule has 38 heavy (non-hydrogen) atoms. The van der Waals surface area contributed by atoms with Gasteiger partial charge in [0.05, 0.1) is 12.6 Å². The van der Waals surface area contributed by atoms with Crippen molar-refractivity contribution in [3.8, 4) is 5.75 Å². The average Bonchev–Trinajstić information content (AvgIpc) is 3.33. The molecule has 1 amide bonds. The van der Waals surface area contributed by atoms with E-state index in [0.29, 0.717) is 17.9 Å². The highest BCUT2D eigenvalue weighted by Crippen LogP contribution is 2.55. The van der Waals surface area contributed by atoms with Crippen molar-refractivity contribution in [1.29, 1.82) is 0 Å². The van der Waals surface area contributed by atoms with E-state index in [9.17, 15) is 9.18 Å². The minimum Gasteiger partial charge on any atom is -0.497 e. The number of amides is 1. The molecule has 0 radical (unpaired) electrons. The number of hydrogen-bond donors (Lipinski definition) is 0. The topological polar surface area (TPSA) is 32.8 Å². The molecule has 1 aliphatic heterocycles. The fourth-order valence-corrected chi connectivity index (χ4v) is 7.39. The van der Waals surface area contributed by atoms with Crippen LogP contribution in [0.2, 0.25) is 0 Å². The third-order valence-electron chi connectivity index (χ3n) is 9.42. The van der Waals surface area contributed by atoms with Crippen molar-refractivity contribution >= 4 is 11.5 Å². The molecule has 196 valence electrons. The maximum absolute atomic E-state index is 14.4. The third-order valence-corrected chi connectivity index (χ3v) is 9.42. The SMILES string of the molecule is COc1cccc(C(=O)N2CCC3=C(Cc4ccccc43)C23CCC(c2cccc(F)c2)(N(C)C)CC3)c1. The summed E-state index contributed by atoms with van der Waals surface area (Å²) in [4.78, 5) is 18.6. The zero-order chi connectivity index (χ0) is 26.5. The average molecular weight is 511 g/mol. The minimum absolute atomic E-state index is 0.0644. The molecule has 0 bridgehead atoms. The monoisotopic (exact) mass is 510 g/mol. The molecule has 5 heteroatoms. The highest BCUT2D eigenvalue weighted by molar-refractivity contribution is 5.96. The van der Waals surface area contributed by atoms with Crippen LogP contribution in [-0.4, -0.2) is 49.0 Å². The van der Waals surface area contributed by atoms with Crippen molar-refractivity contribution in [1.82, 2.24) is 9.80 Å². The van der Waals surface area contributed by atoms with Crippen LogP contribution in [0.25, 0.3) is 5.57 Å². The maximum Gasteiger partial charge on any atom is 0.254 e. The van der Waals surface area contributed by atoms with Crippen molar-refractivity contribution in [3.05, 3.63) is 106 Å². The Morgan fingerprint density at radius 1 is 0.947 bits per heavy atom. The summed E-state index contributed by atoms with van der Waals surface area (Å²) in [5.74, 6) is 0.554. The van der Waals surface area contributed by atoms with Gasteiger partial charge in [0, 0.05) is 17.6 Å². The first-order valence-corrected chi connectivity index (χ1v) is 13.6. The molecule has 4 nitrogen and oxygen atoms in total. The smallest absolute Gasteiger partial charge is 0.254 e. The number of hydrogen-bond acceptors (Lipinski definition) is 3. The number of ether oxygens (including phenoxy) is 1. The molecule has 1 saturated carbocycles. The lowest BCUT2D eigenvalue weighted by Crippen LogP contribution is -2.60. The molecule has 6 rings (SSSR count). The van der Waals surface area contributed by atoms with Crippen LogP contribution in [0.1, 0.15) is 59.2 Å². The summed E-state index contributed by atoms with van der Waals surface area (Å²) in [5.41, 5.74) is 6.60. The van der Waals surface area contributed by atoms with Crippen LogP contribution in [-0.2, 0) is 12.0 Å². The molecule has 0 N–H and O–H groups in total. The first kappa shape index (κ1) is 24.9. The molecular formula is C33H35FN2O2. The Morgan fingerprint density at radius 3 is 2.45 bits per heavy atom. The van der Waals surface area contributed by atoms with E-state index >= 15 is 0 Å². The summed E-state index contributed by atoms with van der Waals surface area (Å²) in [5, 5.41) is 0. The fraction of sp³-hybridized carbons (Fsp3) is 0.364. The Labute approximate surface area is 224 Å². The van der Waals surface area contributed by atoms with Crippen LogP contribution in [0, 0.1) is 5.82 Å². The second kappa shape index (κ2) is 9.39. The zero-order valence-electron chi connectivity index (χ0n) is 22.5. The molecule has 0 atom stereocenters. The predicted molar refractivity (Wildman–Crippen MR) is 149 cm³/mol. The Kier molecular flexibility index (Phi) is 6.14. The number of methoxy groups -OCH3 is 1. The Morgan fingerprint density at radius 2 is 1.71 bits per heavy atom. The lowest BCUT2D eigenvalue weighted by atomic mass is 9.63. The van der Waals surface area contributed by atoms with E-state index < -0.39 is 0 Å². The van der Waals surface area contributed by atoms with E-state index in [-0.39, 0.29) is 22.8 Å². The van der Waals surface area contributed by atoms with Gasteiger partial charge < -0.3 is 9.64 Å². The van der Waals surface area contributed by atoms with Gasteiger partial charge in [-0.25, -0.2) is 4.39 Å². The van der Waals surface area contributed by atoms with E-state index in [1.54, 1.807) is 13.2 Å². The lowest BCUT2D eigenvalue weighted by Gasteiger charge is -2.56. The second-order valence-corrected chi connectivity index (χ2v) is 11.2. The van der Waals surface area contributed by atoms with Gasteiger partial charge in [0.15, 0.2) is 0 Å². The zero-order valence-corrected chi connectivity index (χ0v) is 22.5. The number of nitrogens with zero attached hydrogens (tertiary/aromatic N) is 2. The van der Waals surface area contributed by atoms with E-state index in [0.717, 1.165) is 44.1 Å². The van der Waals surface area contributed by atoms with Crippen molar-refractivity contribution in [2.45, 2.75) is 49.6 Å². The Hall–Kier alpha value is -3.44. The van der Waals surface area contributed by atoms with Gasteiger partial charge in [-0.15, -0.1) is 0 Å². The standard InChI is InChI=1S/C33H35FN2O2/c1-35(2)32(25-10-7-11-26(34)22-25)15-17-33(18-16-32)30-21-23-8-4-5-13-28(23)29(30)14-19-36(33)31(37)24-9-6-12-27(20-24)38-3/h4-13,20,22H,14-19,21H2,1-3H3. The normalized spacial score (nSPS) is 24.5. The van der Waals surface area contributed by atoms with Gasteiger partial charge in [0.2, 0.25) is 0 Å². The van der Waals surface area contributed by atoms with E-state index in [1.165, 1.54) is 28.3 Å². The van der Waals surface area contributed by atoms with Crippen LogP contribution < -0.4 is 4.74 Å². The van der Waals surface area contributed by atoms with Crippen molar-refractivity contribution in [2.24, 2.45) is 0 Å². The van der Waals surface area contributed by atoms with Gasteiger partial charge in [-0.1, -0.05) is 42.5 Å². The molecule has 3 aromatic rings. The highest BCUT2D eigenvalue weighted by atomic mass is 19.1. The molecule has 0 unspecified atom stereocenters. The number of benzene rings is 3. The number of fused-ring (bicyclic) bond motifs is 3. The third kappa shape index (κ3) is 3.79. The van der Waals surface area contributed by atoms with Crippen LogP contribution in [0.4, 0.5) is 4.39 Å². The van der Waals surface area contributed by atoms with Crippen molar-refractivity contribution in [2.75, 3.05) is 27.7 Å². The summed E-state index contributed by atoms with van der Waals surface area (Å²) in [6, 6.07) is 23.3. The van der Waals surface area contributed by atoms with Gasteiger partial charge in [-0.05, 0) is 111 Å². The minimum atomic E-state index is -0.362. The van der Waals surface area contributed by atoms with Crippen LogP contribution in [0.15, 0.2) is 78.4 Å². The van der Waals surface area contributed by atoms with E-state index in [1.807, 2.05) is 30.3 Å². The lowest BCUT2D eigenvalue weighted by molar-refractivity contribution is 0.00713. The predicted octanol–water partition coefficient (Wildman–Crippen LogP) is 6.46. The molecule has 2 aliphatic carbocycles. The molecule has 3 aliphatic rings. The first-order valence-electron chi connectivity index (χ1n) is 13.6. The highest BCUT2D eigenvalue weighted by Gasteiger charge is 2.54. The van der Waals surface area contributed by atoms with E-state index in [2.05, 4.69) is 54.2 Å². The number of carbonyl (C=O) groups excluding carboxylic acids is 1. The van der Waals surface area contributed by atoms with Gasteiger partial charge in [-0.2, -0.15) is 0 Å². The fourth-order valence-electron chi connectivity index (χ4n) is 7.39. The van der Waals surface area contributed by atoms with Crippen molar-refractivity contribution < 1.29 is 13.9 Å². The molecule has 1 heterocycles. The maximum atomic E-state index is 14.4. The summed E-state index contributed by atoms with van der Waals surface area (Å²) >= 11 is 0. The number of halogens is 1. The van der Waals surface area contributed by atoms with Crippen LogP contribution in [0.3, 0.4) is 0 Å². The first-order chi connectivity index (χ1) is 18.4. The number of carbonyl (C=O) groups is 1. The summed E-state index contributed by atoms with van der Waals surface area (Å²) < 4.78 is 19.8. The molecule has 1 fully saturated rings. The van der Waals surface area contributed by atoms with E-state index in [4.69, 9.17) is 4.74 Å². The largest absolute Gasteiger partial charge is 0.497 e. The van der Waals surface area contributed by atoms with Gasteiger partial charge >= 0.3 is 0 Å². The molecule has 0 saturated heterocycles. The summed E-state index contributed by atoms with van der Waals surface area (Å²) in [7, 11) is 5.82. The quantitative estimate of drug-likeness (QED) is 0.404. The molecule has 3 aromatic carbocycles. The Bertz CT molecular complexity index is 1420. The van der Waals surface area contributed by atoms with Crippen LogP contribution in [0.5, 0.6) is 5.75 Å².